The summed E-state index contributed by atoms with van der Waals surface area (Å²) in [7, 11) is 0. The first-order chi connectivity index (χ1) is 9.97. The molecule has 0 aliphatic carbocycles. The zero-order chi connectivity index (χ0) is 15.4. The number of esters is 1. The maximum absolute atomic E-state index is 10.8. The normalized spacial score (nSPS) is 10.1. The van der Waals surface area contributed by atoms with Gasteiger partial charge >= 0.3 is 5.97 Å². The van der Waals surface area contributed by atoms with Crippen LogP contribution in [0.4, 0.5) is 5.82 Å². The number of nitrogens with two attached hydrogens (primary N) is 1. The van der Waals surface area contributed by atoms with Crippen molar-refractivity contribution in [2.75, 3.05) is 12.3 Å². The molecule has 0 aromatic carbocycles. The summed E-state index contributed by atoms with van der Waals surface area (Å²) in [6.45, 7) is 6.33. The van der Waals surface area contributed by atoms with Crippen molar-refractivity contribution < 1.29 is 33.6 Å². The van der Waals surface area contributed by atoms with Gasteiger partial charge < -0.3 is 10.5 Å². The average Bonchev–Trinajstić information content (AvgIpc) is 2.74. The SMILES string of the molecule is CC(=O)OCCc1sc[n+](Cc2cnc(C)nc2N)c1C.[Zn]. The molecule has 0 saturated carbocycles. The van der Waals surface area contributed by atoms with Gasteiger partial charge in [-0.2, -0.15) is 4.57 Å². The molecule has 0 bridgehead atoms. The van der Waals surface area contributed by atoms with Gasteiger partial charge in [0, 0.05) is 45.9 Å². The Morgan fingerprint density at radius 1 is 1.45 bits per heavy atom. The van der Waals surface area contributed by atoms with Gasteiger partial charge in [-0.05, 0) is 6.92 Å². The van der Waals surface area contributed by atoms with Crippen molar-refractivity contribution in [2.24, 2.45) is 0 Å². The Kier molecular flexibility index (Phi) is 7.03. The van der Waals surface area contributed by atoms with Gasteiger partial charge in [0.25, 0.3) is 0 Å². The second-order valence-electron chi connectivity index (χ2n) is 4.78. The number of rotatable bonds is 5. The number of thiazole rings is 1. The maximum atomic E-state index is 10.8. The standard InChI is InChI=1S/C14H19N4O2S.Zn/c1-9-13(4-5-20-11(3)19)21-8-18(9)7-12-6-16-10(2)17-14(12)15;/h6,8H,4-5,7H2,1-3H3,(H2,15,16,17);/q+1;. The van der Waals surface area contributed by atoms with E-state index < -0.39 is 0 Å². The Bertz CT molecular complexity index is 660. The van der Waals surface area contributed by atoms with E-state index in [2.05, 4.69) is 14.5 Å². The van der Waals surface area contributed by atoms with Crippen LogP contribution >= 0.6 is 11.3 Å². The van der Waals surface area contributed by atoms with E-state index in [1.165, 1.54) is 11.8 Å². The molecule has 2 N–H and O–H groups in total. The van der Waals surface area contributed by atoms with Crippen LogP contribution in [0, 0.1) is 13.8 Å². The van der Waals surface area contributed by atoms with Crippen LogP contribution in [-0.4, -0.2) is 22.5 Å². The average molecular weight is 373 g/mol. The van der Waals surface area contributed by atoms with Crippen LogP contribution in [-0.2, 0) is 42.0 Å². The fourth-order valence-electron chi connectivity index (χ4n) is 1.95. The van der Waals surface area contributed by atoms with Crippen LogP contribution in [0.25, 0.3) is 0 Å². The number of aryl methyl sites for hydroxylation is 1. The van der Waals surface area contributed by atoms with Gasteiger partial charge in [-0.25, -0.2) is 9.97 Å². The van der Waals surface area contributed by atoms with E-state index >= 15 is 0 Å². The van der Waals surface area contributed by atoms with Crippen LogP contribution in [0.15, 0.2) is 11.7 Å². The summed E-state index contributed by atoms with van der Waals surface area (Å²) in [5.74, 6) is 0.939. The summed E-state index contributed by atoms with van der Waals surface area (Å²) in [4.78, 5) is 20.3. The van der Waals surface area contributed by atoms with Crippen molar-refractivity contribution in [1.29, 1.82) is 0 Å². The molecule has 0 fully saturated rings. The van der Waals surface area contributed by atoms with Gasteiger partial charge in [0.15, 0.2) is 12.2 Å². The molecular weight excluding hydrogens is 354 g/mol. The number of nitrogens with zero attached hydrogens (tertiary/aromatic N) is 3. The molecule has 6 nitrogen and oxygen atoms in total. The van der Waals surface area contributed by atoms with Gasteiger partial charge in [-0.3, -0.25) is 4.79 Å². The summed E-state index contributed by atoms with van der Waals surface area (Å²) < 4.78 is 7.09. The Balaban J connectivity index is 0.00000242. The second kappa shape index (κ2) is 8.29. The van der Waals surface area contributed by atoms with E-state index in [-0.39, 0.29) is 25.4 Å². The van der Waals surface area contributed by atoms with Gasteiger partial charge in [-0.15, -0.1) is 0 Å². The summed E-state index contributed by atoms with van der Waals surface area (Å²) in [6.07, 6.45) is 2.49. The number of anilines is 1. The summed E-state index contributed by atoms with van der Waals surface area (Å²) in [6, 6.07) is 0. The van der Waals surface area contributed by atoms with Crippen molar-refractivity contribution in [3.05, 3.63) is 33.7 Å². The van der Waals surface area contributed by atoms with Gasteiger partial charge in [-0.1, -0.05) is 11.3 Å². The van der Waals surface area contributed by atoms with Gasteiger partial charge in [0.2, 0.25) is 5.51 Å². The van der Waals surface area contributed by atoms with E-state index in [9.17, 15) is 4.79 Å². The minimum Gasteiger partial charge on any atom is -0.465 e. The number of carbonyl (C=O) groups is 1. The third kappa shape index (κ3) is 4.81. The largest absolute Gasteiger partial charge is 0.465 e. The fraction of sp³-hybridized carbons (Fsp3) is 0.429. The number of aromatic nitrogens is 3. The third-order valence-electron chi connectivity index (χ3n) is 3.15. The number of carbonyl (C=O) groups excluding carboxylic acids is 1. The number of ether oxygens (including phenoxy) is 1. The van der Waals surface area contributed by atoms with Crippen molar-refractivity contribution in [2.45, 2.75) is 33.7 Å². The molecule has 0 unspecified atom stereocenters. The van der Waals surface area contributed by atoms with Crippen LogP contribution in [0.2, 0.25) is 0 Å². The Labute approximate surface area is 146 Å². The molecule has 114 valence electrons. The topological polar surface area (TPSA) is 82.0 Å². The monoisotopic (exact) mass is 371 g/mol. The molecule has 0 radical (unpaired) electrons. The van der Waals surface area contributed by atoms with Crippen molar-refractivity contribution in [3.8, 4) is 0 Å². The van der Waals surface area contributed by atoms with Crippen LogP contribution < -0.4 is 10.3 Å². The molecule has 0 aliphatic heterocycles. The first-order valence-electron chi connectivity index (χ1n) is 6.65. The third-order valence-corrected chi connectivity index (χ3v) is 4.29. The van der Waals surface area contributed by atoms with Crippen molar-refractivity contribution in [3.63, 3.8) is 0 Å². The summed E-state index contributed by atoms with van der Waals surface area (Å²) in [5, 5.41) is 0. The molecular formula is C14H19N4O2SZn+. The molecule has 2 heterocycles. The molecule has 22 heavy (non-hydrogen) atoms. The minimum atomic E-state index is -0.248. The zero-order valence-corrected chi connectivity index (χ0v) is 16.9. The smallest absolute Gasteiger partial charge is 0.302 e. The van der Waals surface area contributed by atoms with E-state index in [4.69, 9.17) is 10.5 Å². The van der Waals surface area contributed by atoms with Crippen LogP contribution in [0.5, 0.6) is 0 Å². The minimum absolute atomic E-state index is 0. The number of hydrogen-bond donors (Lipinski definition) is 1. The Morgan fingerprint density at radius 2 is 2.18 bits per heavy atom. The molecule has 0 atom stereocenters. The molecule has 0 aliphatic rings. The molecule has 2 aromatic heterocycles. The number of hydrogen-bond acceptors (Lipinski definition) is 6. The molecule has 2 rings (SSSR count). The predicted molar refractivity (Wildman–Crippen MR) is 79.9 cm³/mol. The van der Waals surface area contributed by atoms with Gasteiger partial charge in [0.05, 0.1) is 17.0 Å². The first-order valence-corrected chi connectivity index (χ1v) is 7.53. The van der Waals surface area contributed by atoms with E-state index in [0.717, 1.165) is 17.7 Å². The summed E-state index contributed by atoms with van der Waals surface area (Å²) in [5.41, 5.74) is 10.0. The molecule has 0 saturated heterocycles. The van der Waals surface area contributed by atoms with E-state index in [0.29, 0.717) is 24.8 Å². The van der Waals surface area contributed by atoms with Crippen LogP contribution in [0.3, 0.4) is 0 Å². The summed E-state index contributed by atoms with van der Waals surface area (Å²) >= 11 is 1.65. The van der Waals surface area contributed by atoms with E-state index in [1.807, 2.05) is 19.4 Å². The van der Waals surface area contributed by atoms with E-state index in [1.54, 1.807) is 17.5 Å². The molecule has 2 aromatic rings. The quantitative estimate of drug-likeness (QED) is 0.484. The molecule has 0 amide bonds. The first kappa shape index (κ1) is 18.7. The second-order valence-corrected chi connectivity index (χ2v) is 5.72. The maximum Gasteiger partial charge on any atom is 0.302 e. The molecule has 0 spiro atoms. The van der Waals surface area contributed by atoms with Gasteiger partial charge in [0.1, 0.15) is 11.6 Å². The van der Waals surface area contributed by atoms with Crippen LogP contribution in [0.1, 0.15) is 28.9 Å². The predicted octanol–water partition coefficient (Wildman–Crippen LogP) is 1.18. The Hall–Kier alpha value is -1.40. The number of nitrogen functional groups attached to an aromatic ring is 1. The van der Waals surface area contributed by atoms with Crippen molar-refractivity contribution >= 4 is 23.1 Å². The Morgan fingerprint density at radius 3 is 2.82 bits per heavy atom. The van der Waals surface area contributed by atoms with Crippen molar-refractivity contribution in [1.82, 2.24) is 9.97 Å². The fourth-order valence-corrected chi connectivity index (χ4v) is 2.93. The molecule has 8 heteroatoms. The zero-order valence-electron chi connectivity index (χ0n) is 13.1.